The molecule has 0 aromatic heterocycles. The van der Waals surface area contributed by atoms with Gasteiger partial charge in [0.2, 0.25) is 0 Å². The minimum Gasteiger partial charge on any atom is -0.313 e. The maximum Gasteiger partial charge on any atom is 0.0141 e. The summed E-state index contributed by atoms with van der Waals surface area (Å²) in [7, 11) is 0. The van der Waals surface area contributed by atoms with Crippen LogP contribution < -0.4 is 5.32 Å². The molecule has 0 spiro atoms. The Hall–Kier alpha value is -0.820. The molecular formula is C20H31N. The summed E-state index contributed by atoms with van der Waals surface area (Å²) in [5.41, 5.74) is 4.38. The molecular weight excluding hydrogens is 254 g/mol. The van der Waals surface area contributed by atoms with Crippen LogP contribution in [0.5, 0.6) is 0 Å². The summed E-state index contributed by atoms with van der Waals surface area (Å²) in [6.07, 6.45) is 8.40. The molecule has 0 aliphatic heterocycles. The fourth-order valence-electron chi connectivity index (χ4n) is 4.50. The van der Waals surface area contributed by atoms with E-state index < -0.39 is 0 Å². The molecule has 3 rings (SSSR count). The number of rotatable bonds is 6. The van der Waals surface area contributed by atoms with Crippen LogP contribution in [0.1, 0.15) is 55.7 Å². The summed E-state index contributed by atoms with van der Waals surface area (Å²) in [5.74, 6) is 3.04. The van der Waals surface area contributed by atoms with Gasteiger partial charge in [-0.25, -0.2) is 0 Å². The van der Waals surface area contributed by atoms with Crippen molar-refractivity contribution in [1.29, 1.82) is 0 Å². The van der Waals surface area contributed by atoms with Gasteiger partial charge in [-0.1, -0.05) is 38.0 Å². The first-order valence-corrected chi connectivity index (χ1v) is 9.00. The molecule has 2 fully saturated rings. The fraction of sp³-hybridized carbons (Fsp3) is 0.700. The third-order valence-electron chi connectivity index (χ3n) is 5.87. The zero-order chi connectivity index (χ0) is 14.8. The average Bonchev–Trinajstić information content (AvgIpc) is 3.21. The van der Waals surface area contributed by atoms with E-state index in [0.29, 0.717) is 6.04 Å². The summed E-state index contributed by atoms with van der Waals surface area (Å²) < 4.78 is 0. The molecule has 0 bridgehead atoms. The molecule has 116 valence electrons. The highest BCUT2D eigenvalue weighted by molar-refractivity contribution is 5.30. The highest BCUT2D eigenvalue weighted by atomic mass is 14.9. The number of hydrogen-bond donors (Lipinski definition) is 1. The SMILES string of the molecule is CCCNC(Cc1ccc(C)c(C)c1)C1C2CCCCC21. The van der Waals surface area contributed by atoms with Crippen LogP contribution in [0.2, 0.25) is 0 Å². The van der Waals surface area contributed by atoms with Crippen molar-refractivity contribution < 1.29 is 0 Å². The van der Waals surface area contributed by atoms with Crippen LogP contribution in [0.4, 0.5) is 0 Å². The Labute approximate surface area is 130 Å². The molecule has 0 saturated heterocycles. The van der Waals surface area contributed by atoms with Gasteiger partial charge in [0.1, 0.15) is 0 Å². The summed E-state index contributed by atoms with van der Waals surface area (Å²) >= 11 is 0. The van der Waals surface area contributed by atoms with E-state index in [9.17, 15) is 0 Å². The zero-order valence-corrected chi connectivity index (χ0v) is 14.0. The molecule has 1 aromatic carbocycles. The van der Waals surface area contributed by atoms with E-state index in [0.717, 1.165) is 17.8 Å². The molecule has 2 saturated carbocycles. The van der Waals surface area contributed by atoms with E-state index in [-0.39, 0.29) is 0 Å². The average molecular weight is 285 g/mol. The molecule has 0 radical (unpaired) electrons. The lowest BCUT2D eigenvalue weighted by Crippen LogP contribution is -2.34. The normalized spacial score (nSPS) is 29.0. The third kappa shape index (κ3) is 3.34. The standard InChI is InChI=1S/C20H31N/c1-4-11-21-19(20-17-7-5-6-8-18(17)20)13-16-10-9-14(2)15(3)12-16/h9-10,12,17-21H,4-8,11,13H2,1-3H3. The Morgan fingerprint density at radius 1 is 1.10 bits per heavy atom. The van der Waals surface area contributed by atoms with Gasteiger partial charge < -0.3 is 5.32 Å². The lowest BCUT2D eigenvalue weighted by atomic mass is 9.97. The van der Waals surface area contributed by atoms with Gasteiger partial charge in [-0.2, -0.15) is 0 Å². The number of nitrogens with one attached hydrogen (secondary N) is 1. The van der Waals surface area contributed by atoms with Crippen molar-refractivity contribution in [2.45, 2.75) is 65.3 Å². The molecule has 3 unspecified atom stereocenters. The number of aryl methyl sites for hydroxylation is 2. The largest absolute Gasteiger partial charge is 0.313 e. The Bertz CT molecular complexity index is 467. The van der Waals surface area contributed by atoms with Gasteiger partial charge in [0.25, 0.3) is 0 Å². The maximum absolute atomic E-state index is 3.87. The Kier molecular flexibility index (Phi) is 4.69. The molecule has 0 amide bonds. The number of fused-ring (bicyclic) bond motifs is 1. The van der Waals surface area contributed by atoms with E-state index in [1.807, 2.05) is 0 Å². The van der Waals surface area contributed by atoms with E-state index in [4.69, 9.17) is 0 Å². The smallest absolute Gasteiger partial charge is 0.0141 e. The molecule has 1 nitrogen and oxygen atoms in total. The Morgan fingerprint density at radius 3 is 2.43 bits per heavy atom. The van der Waals surface area contributed by atoms with Gasteiger partial charge in [-0.3, -0.25) is 0 Å². The highest BCUT2D eigenvalue weighted by Crippen LogP contribution is 2.57. The van der Waals surface area contributed by atoms with E-state index >= 15 is 0 Å². The molecule has 0 heterocycles. The van der Waals surface area contributed by atoms with Crippen molar-refractivity contribution >= 4 is 0 Å². The van der Waals surface area contributed by atoms with E-state index in [1.54, 1.807) is 0 Å². The molecule has 3 atom stereocenters. The summed E-state index contributed by atoms with van der Waals surface area (Å²) in [5, 5.41) is 3.87. The van der Waals surface area contributed by atoms with Crippen LogP contribution in [-0.4, -0.2) is 12.6 Å². The van der Waals surface area contributed by atoms with Gasteiger partial charge in [-0.15, -0.1) is 0 Å². The highest BCUT2D eigenvalue weighted by Gasteiger charge is 2.53. The fourth-order valence-corrected chi connectivity index (χ4v) is 4.50. The monoisotopic (exact) mass is 285 g/mol. The second-order valence-electron chi connectivity index (χ2n) is 7.37. The second kappa shape index (κ2) is 6.52. The van der Waals surface area contributed by atoms with Crippen molar-refractivity contribution in [3.63, 3.8) is 0 Å². The van der Waals surface area contributed by atoms with Gasteiger partial charge in [-0.05, 0) is 80.5 Å². The van der Waals surface area contributed by atoms with Crippen LogP contribution in [0, 0.1) is 31.6 Å². The Balaban J connectivity index is 1.68. The lowest BCUT2D eigenvalue weighted by molar-refractivity contribution is 0.428. The van der Waals surface area contributed by atoms with Gasteiger partial charge in [0, 0.05) is 6.04 Å². The number of benzene rings is 1. The lowest BCUT2D eigenvalue weighted by Gasteiger charge is -2.20. The predicted octanol–water partition coefficient (Wildman–Crippen LogP) is 4.65. The predicted molar refractivity (Wildman–Crippen MR) is 90.6 cm³/mol. The second-order valence-corrected chi connectivity index (χ2v) is 7.37. The van der Waals surface area contributed by atoms with Gasteiger partial charge in [0.05, 0.1) is 0 Å². The minimum absolute atomic E-state index is 0.708. The van der Waals surface area contributed by atoms with Crippen molar-refractivity contribution in [3.05, 3.63) is 34.9 Å². The summed E-state index contributed by atoms with van der Waals surface area (Å²) in [6, 6.07) is 7.75. The quantitative estimate of drug-likeness (QED) is 0.802. The first kappa shape index (κ1) is 15.1. The molecule has 1 heteroatoms. The minimum atomic E-state index is 0.708. The first-order valence-electron chi connectivity index (χ1n) is 9.00. The topological polar surface area (TPSA) is 12.0 Å². The number of hydrogen-bond acceptors (Lipinski definition) is 1. The molecule has 21 heavy (non-hydrogen) atoms. The third-order valence-corrected chi connectivity index (χ3v) is 5.87. The van der Waals surface area contributed by atoms with E-state index in [2.05, 4.69) is 44.3 Å². The molecule has 2 aliphatic rings. The van der Waals surface area contributed by atoms with Gasteiger partial charge in [0.15, 0.2) is 0 Å². The van der Waals surface area contributed by atoms with Crippen LogP contribution in [-0.2, 0) is 6.42 Å². The molecule has 1 N–H and O–H groups in total. The van der Waals surface area contributed by atoms with Crippen LogP contribution >= 0.6 is 0 Å². The van der Waals surface area contributed by atoms with E-state index in [1.165, 1.54) is 61.8 Å². The van der Waals surface area contributed by atoms with Gasteiger partial charge >= 0.3 is 0 Å². The van der Waals surface area contributed by atoms with Crippen molar-refractivity contribution in [2.75, 3.05) is 6.54 Å². The van der Waals surface area contributed by atoms with Crippen LogP contribution in [0.15, 0.2) is 18.2 Å². The summed E-state index contributed by atoms with van der Waals surface area (Å²) in [6.45, 7) is 7.90. The van der Waals surface area contributed by atoms with Crippen molar-refractivity contribution in [2.24, 2.45) is 17.8 Å². The first-order chi connectivity index (χ1) is 10.2. The maximum atomic E-state index is 3.87. The summed E-state index contributed by atoms with van der Waals surface area (Å²) in [4.78, 5) is 0. The van der Waals surface area contributed by atoms with Crippen molar-refractivity contribution in [3.8, 4) is 0 Å². The van der Waals surface area contributed by atoms with Crippen LogP contribution in [0.25, 0.3) is 0 Å². The van der Waals surface area contributed by atoms with Crippen LogP contribution in [0.3, 0.4) is 0 Å². The molecule has 1 aromatic rings. The Morgan fingerprint density at radius 2 is 1.81 bits per heavy atom. The van der Waals surface area contributed by atoms with Crippen molar-refractivity contribution in [1.82, 2.24) is 5.32 Å². The molecule has 2 aliphatic carbocycles. The zero-order valence-electron chi connectivity index (χ0n) is 14.0.